The van der Waals surface area contributed by atoms with Gasteiger partial charge in [-0.1, -0.05) is 40.5 Å². The normalized spacial score (nSPS) is 13.5. The van der Waals surface area contributed by atoms with Crippen molar-refractivity contribution >= 4 is 0 Å². The summed E-state index contributed by atoms with van der Waals surface area (Å²) in [4.78, 5) is 0. The van der Waals surface area contributed by atoms with Crippen molar-refractivity contribution in [3.05, 3.63) is 5.32 Å². The molecule has 0 aromatic heterocycles. The minimum absolute atomic E-state index is 0. The first-order valence-corrected chi connectivity index (χ1v) is 3.74. The van der Waals surface area contributed by atoms with Gasteiger partial charge in [0.05, 0.1) is 0 Å². The van der Waals surface area contributed by atoms with Crippen LogP contribution < -0.4 is 29.6 Å². The van der Waals surface area contributed by atoms with Crippen LogP contribution in [0.25, 0.3) is 5.32 Å². The SMILES string of the molecule is CC(C)[N-]C(C)C(C)C.[HH].[Na+]. The molecule has 2 heteroatoms. The third-order valence-electron chi connectivity index (χ3n) is 1.50. The van der Waals surface area contributed by atoms with Crippen LogP contribution in [0.1, 0.15) is 36.0 Å². The van der Waals surface area contributed by atoms with Crippen molar-refractivity contribution in [2.24, 2.45) is 5.92 Å². The second-order valence-corrected chi connectivity index (χ2v) is 3.23. The summed E-state index contributed by atoms with van der Waals surface area (Å²) in [6.45, 7) is 10.8. The van der Waals surface area contributed by atoms with Crippen LogP contribution in [-0.4, -0.2) is 12.1 Å². The molecule has 1 unspecified atom stereocenters. The standard InChI is InChI=1S/C8H18N.Na.H2/c1-6(2)8(5)9-7(3)4;;/h6-8H,1-5H3;;1H/q-1;+1;. The molecule has 0 heterocycles. The average molecular weight is 153 g/mol. The van der Waals surface area contributed by atoms with Crippen molar-refractivity contribution in [1.29, 1.82) is 0 Å². The summed E-state index contributed by atoms with van der Waals surface area (Å²) < 4.78 is 0. The van der Waals surface area contributed by atoms with E-state index in [1.807, 2.05) is 0 Å². The Morgan fingerprint density at radius 3 is 1.50 bits per heavy atom. The Labute approximate surface area is 88.7 Å². The topological polar surface area (TPSA) is 14.1 Å². The Morgan fingerprint density at radius 1 is 1.00 bits per heavy atom. The largest absolute Gasteiger partial charge is 1.00 e. The predicted molar refractivity (Wildman–Crippen MR) is 44.9 cm³/mol. The molecule has 0 bridgehead atoms. The van der Waals surface area contributed by atoms with Gasteiger partial charge in [0.2, 0.25) is 0 Å². The molecule has 0 saturated carbocycles. The van der Waals surface area contributed by atoms with Crippen molar-refractivity contribution in [3.63, 3.8) is 0 Å². The molecule has 1 nitrogen and oxygen atoms in total. The van der Waals surface area contributed by atoms with E-state index in [4.69, 9.17) is 0 Å². The summed E-state index contributed by atoms with van der Waals surface area (Å²) in [5.74, 6) is 0.687. The molecule has 0 aromatic carbocycles. The van der Waals surface area contributed by atoms with Crippen molar-refractivity contribution in [2.75, 3.05) is 0 Å². The average Bonchev–Trinajstić information content (AvgIpc) is 1.63. The van der Waals surface area contributed by atoms with E-state index in [0.717, 1.165) is 0 Å². The fraction of sp³-hybridized carbons (Fsp3) is 1.00. The van der Waals surface area contributed by atoms with Crippen LogP contribution in [0.2, 0.25) is 0 Å². The summed E-state index contributed by atoms with van der Waals surface area (Å²) in [6.07, 6.45) is 0. The molecule has 0 spiro atoms. The molecular formula is C8H20NNa. The molecule has 0 aromatic rings. The van der Waals surface area contributed by atoms with Gasteiger partial charge in [-0.2, -0.15) is 0 Å². The predicted octanol–water partition coefficient (Wildman–Crippen LogP) is 0.0630. The molecule has 0 fully saturated rings. The van der Waals surface area contributed by atoms with Gasteiger partial charge in [0, 0.05) is 1.43 Å². The van der Waals surface area contributed by atoms with Crippen molar-refractivity contribution < 1.29 is 31.0 Å². The summed E-state index contributed by atoms with van der Waals surface area (Å²) in [6, 6.07) is 1.01. The van der Waals surface area contributed by atoms with Crippen LogP contribution in [0.3, 0.4) is 0 Å². The number of hydrogen-bond donors (Lipinski definition) is 0. The Balaban J connectivity index is -0.000000320. The summed E-state index contributed by atoms with van der Waals surface area (Å²) in [5.41, 5.74) is 0. The van der Waals surface area contributed by atoms with E-state index in [9.17, 15) is 0 Å². The van der Waals surface area contributed by atoms with Crippen LogP contribution in [0, 0.1) is 5.92 Å². The maximum Gasteiger partial charge on any atom is 1.00 e. The first kappa shape index (κ1) is 13.5. The Bertz CT molecular complexity index is 76.5. The third-order valence-corrected chi connectivity index (χ3v) is 1.50. The molecule has 0 amide bonds. The Morgan fingerprint density at radius 2 is 1.40 bits per heavy atom. The molecule has 0 aliphatic rings. The van der Waals surface area contributed by atoms with E-state index in [-0.39, 0.29) is 31.0 Å². The van der Waals surface area contributed by atoms with E-state index in [2.05, 4.69) is 39.9 Å². The molecule has 0 aliphatic heterocycles. The van der Waals surface area contributed by atoms with Crippen LogP contribution in [0.15, 0.2) is 0 Å². The Kier molecular flexibility index (Phi) is 9.02. The van der Waals surface area contributed by atoms with Gasteiger partial charge in [0.15, 0.2) is 0 Å². The fourth-order valence-corrected chi connectivity index (χ4v) is 0.642. The molecule has 0 aliphatic carbocycles. The quantitative estimate of drug-likeness (QED) is 0.509. The van der Waals surface area contributed by atoms with Gasteiger partial charge in [-0.05, 0) is 0 Å². The van der Waals surface area contributed by atoms with Gasteiger partial charge in [-0.3, -0.25) is 0 Å². The second kappa shape index (κ2) is 6.66. The van der Waals surface area contributed by atoms with Crippen molar-refractivity contribution in [3.8, 4) is 0 Å². The molecule has 1 atom stereocenters. The molecule has 0 saturated heterocycles. The molecular weight excluding hydrogens is 133 g/mol. The smallest absolute Gasteiger partial charge is 0.657 e. The van der Waals surface area contributed by atoms with Crippen molar-refractivity contribution in [2.45, 2.75) is 46.7 Å². The first-order valence-electron chi connectivity index (χ1n) is 3.74. The number of nitrogens with zero attached hydrogens (tertiary/aromatic N) is 1. The van der Waals surface area contributed by atoms with E-state index >= 15 is 0 Å². The summed E-state index contributed by atoms with van der Waals surface area (Å²) in [5, 5.41) is 4.48. The van der Waals surface area contributed by atoms with Crippen LogP contribution in [-0.2, 0) is 0 Å². The summed E-state index contributed by atoms with van der Waals surface area (Å²) >= 11 is 0. The zero-order valence-corrected chi connectivity index (χ0v) is 10.2. The third kappa shape index (κ3) is 7.07. The van der Waals surface area contributed by atoms with Crippen LogP contribution in [0.5, 0.6) is 0 Å². The fourth-order valence-electron chi connectivity index (χ4n) is 0.642. The van der Waals surface area contributed by atoms with Crippen molar-refractivity contribution in [1.82, 2.24) is 0 Å². The van der Waals surface area contributed by atoms with Crippen LogP contribution in [0.4, 0.5) is 0 Å². The zero-order valence-electron chi connectivity index (χ0n) is 8.18. The second-order valence-electron chi connectivity index (χ2n) is 3.23. The molecule has 0 rings (SSSR count). The Hall–Kier alpha value is 0.960. The van der Waals surface area contributed by atoms with Crippen LogP contribution >= 0.6 is 0 Å². The van der Waals surface area contributed by atoms with Gasteiger partial charge in [0.1, 0.15) is 0 Å². The molecule has 0 N–H and O–H groups in total. The van der Waals surface area contributed by atoms with E-state index in [1.54, 1.807) is 0 Å². The minimum Gasteiger partial charge on any atom is -0.657 e. The van der Waals surface area contributed by atoms with E-state index in [0.29, 0.717) is 18.0 Å². The van der Waals surface area contributed by atoms with Gasteiger partial charge in [-0.25, -0.2) is 0 Å². The van der Waals surface area contributed by atoms with Gasteiger partial charge < -0.3 is 5.32 Å². The molecule has 58 valence electrons. The zero-order chi connectivity index (χ0) is 7.44. The maximum atomic E-state index is 4.48. The molecule has 10 heavy (non-hydrogen) atoms. The van der Waals surface area contributed by atoms with Gasteiger partial charge >= 0.3 is 29.6 Å². The summed E-state index contributed by atoms with van der Waals surface area (Å²) in [7, 11) is 0. The van der Waals surface area contributed by atoms with Gasteiger partial charge in [-0.15, -0.1) is 12.1 Å². The monoisotopic (exact) mass is 153 g/mol. The first-order chi connectivity index (χ1) is 4.04. The number of hydrogen-bond acceptors (Lipinski definition) is 0. The number of rotatable bonds is 3. The molecule has 0 radical (unpaired) electrons. The van der Waals surface area contributed by atoms with Gasteiger partial charge in [0.25, 0.3) is 0 Å². The van der Waals surface area contributed by atoms with E-state index in [1.165, 1.54) is 0 Å². The van der Waals surface area contributed by atoms with E-state index < -0.39 is 0 Å². The maximum absolute atomic E-state index is 4.48. The minimum atomic E-state index is 0.